The van der Waals surface area contributed by atoms with Gasteiger partial charge in [-0.15, -0.1) is 0 Å². The maximum atomic E-state index is 13.6. The van der Waals surface area contributed by atoms with E-state index in [2.05, 4.69) is 9.44 Å². The molecule has 6 N–H and O–H groups in total. The van der Waals surface area contributed by atoms with Gasteiger partial charge in [-0.1, -0.05) is 56.4 Å². The summed E-state index contributed by atoms with van der Waals surface area (Å²) in [4.78, 5) is 38.8. The van der Waals surface area contributed by atoms with Gasteiger partial charge in [-0.2, -0.15) is 0 Å². The zero-order valence-electron chi connectivity index (χ0n) is 42.4. The third-order valence-corrected chi connectivity index (χ3v) is 13.6. The van der Waals surface area contributed by atoms with E-state index < -0.39 is 98.0 Å². The van der Waals surface area contributed by atoms with Crippen LogP contribution in [-0.2, 0) is 61.6 Å². The van der Waals surface area contributed by atoms with Crippen LogP contribution in [0, 0.1) is 11.8 Å². The standard InChI is InChI=1S/C28H37NO10S.C23H27NO9S/c1-16-10-11-21(30)26-22(38-28(3,4)39-26)9-7-8-19-20-12-18(14-29-40(6,32)33)37-23(20)13-24(35-15-34-5)25(19)27(31)36-17(16)2;1-12-7-8-18(26)22(28)17(25)6-4-5-15-16-9-14(11-24-34(3,30)31)33-20(16)10-19(27)21(15)23(29)32-13(12)2/h7-8,10-13,16-17,21-22,26,29-30H,9,14-15H2,1-6H3;4-5,7-10,12-13,17,22,24-25,27-28H,6,11H2,1-3H3/b8-7?,11-10-;5-4+,8-7-/t16-,17+,21?,22+,26-;12-,13+,17+,22+/m11/s1. The van der Waals surface area contributed by atoms with Crippen LogP contribution in [0.4, 0.5) is 0 Å². The number of fused-ring (bicyclic) bond motifs is 7. The number of aliphatic hydroxyl groups excluding tert-OH is 3. The summed E-state index contributed by atoms with van der Waals surface area (Å²) in [5, 5.41) is 42.8. The lowest BCUT2D eigenvalue weighted by Crippen LogP contribution is -2.34. The van der Waals surface area contributed by atoms with Gasteiger partial charge in [0.1, 0.15) is 75.8 Å². The van der Waals surface area contributed by atoms with Gasteiger partial charge in [0, 0.05) is 53.0 Å². The third kappa shape index (κ3) is 14.8. The zero-order chi connectivity index (χ0) is 54.4. The van der Waals surface area contributed by atoms with E-state index in [4.69, 9.17) is 37.3 Å². The van der Waals surface area contributed by atoms with Crippen LogP contribution in [-0.4, -0.2) is 130 Å². The molecule has 21 nitrogen and oxygen atoms in total. The summed E-state index contributed by atoms with van der Waals surface area (Å²) in [5.74, 6) is -3.27. The minimum absolute atomic E-state index is 0.0759. The normalized spacial score (nSPS) is 27.3. The predicted molar refractivity (Wildman–Crippen MR) is 270 cm³/mol. The zero-order valence-corrected chi connectivity index (χ0v) is 44.0. The Balaban J connectivity index is 0.000000244. The summed E-state index contributed by atoms with van der Waals surface area (Å²) in [6, 6.07) is 6.00. The second-order valence-corrected chi connectivity index (χ2v) is 22.5. The molecule has 0 aliphatic carbocycles. The first kappa shape index (κ1) is 57.5. The lowest BCUT2D eigenvalue weighted by atomic mass is 9.97. The van der Waals surface area contributed by atoms with Gasteiger partial charge in [-0.05, 0) is 58.7 Å². The number of sulfonamides is 2. The highest BCUT2D eigenvalue weighted by atomic mass is 32.2. The number of hydrogen-bond acceptors (Lipinski definition) is 19. The number of nitrogens with one attached hydrogen (secondary N) is 2. The molecule has 0 amide bonds. The molecule has 74 heavy (non-hydrogen) atoms. The number of hydrogen-bond donors (Lipinski definition) is 6. The number of benzene rings is 2. The number of methoxy groups -OCH3 is 1. The highest BCUT2D eigenvalue weighted by Gasteiger charge is 2.44. The minimum Gasteiger partial charge on any atom is -0.507 e. The van der Waals surface area contributed by atoms with E-state index >= 15 is 0 Å². The van der Waals surface area contributed by atoms with Gasteiger partial charge in [0.15, 0.2) is 18.4 Å². The molecule has 7 rings (SSSR count). The molecule has 1 fully saturated rings. The molecule has 4 aromatic rings. The summed E-state index contributed by atoms with van der Waals surface area (Å²) >= 11 is 0. The molecule has 3 aliphatic heterocycles. The number of ether oxygens (including phenoxy) is 6. The number of cyclic esters (lactones) is 2. The smallest absolute Gasteiger partial charge is 0.342 e. The second-order valence-electron chi connectivity index (χ2n) is 18.8. The van der Waals surface area contributed by atoms with Crippen molar-refractivity contribution in [1.82, 2.24) is 9.44 Å². The molecule has 1 unspecified atom stereocenters. The van der Waals surface area contributed by atoms with E-state index in [1.54, 1.807) is 65.0 Å². The fraction of sp³-hybridized carbons (Fsp3) is 0.471. The van der Waals surface area contributed by atoms with Gasteiger partial charge in [-0.25, -0.2) is 35.9 Å². The van der Waals surface area contributed by atoms with Crippen LogP contribution < -0.4 is 14.2 Å². The number of rotatable bonds is 9. The average molecular weight is 1070 g/mol. The van der Waals surface area contributed by atoms with Gasteiger partial charge in [-0.3, -0.25) is 4.79 Å². The molecule has 0 saturated carbocycles. The van der Waals surface area contributed by atoms with Crippen molar-refractivity contribution in [2.75, 3.05) is 26.4 Å². The summed E-state index contributed by atoms with van der Waals surface area (Å²) in [7, 11) is -5.49. The Morgan fingerprint density at radius 3 is 1.80 bits per heavy atom. The highest BCUT2D eigenvalue weighted by molar-refractivity contribution is 7.88. The van der Waals surface area contributed by atoms with Crippen molar-refractivity contribution in [1.29, 1.82) is 0 Å². The molecule has 0 bridgehead atoms. The maximum absolute atomic E-state index is 13.6. The van der Waals surface area contributed by atoms with E-state index in [1.165, 1.54) is 37.5 Å². The minimum atomic E-state index is -3.49. The topological polar surface area (TPSA) is 306 Å². The largest absolute Gasteiger partial charge is 0.507 e. The van der Waals surface area contributed by atoms with Crippen LogP contribution in [0.5, 0.6) is 11.5 Å². The summed E-state index contributed by atoms with van der Waals surface area (Å²) in [6.07, 6.45) is 8.53. The lowest BCUT2D eigenvalue weighted by Gasteiger charge is -2.23. The molecule has 3 aliphatic rings. The van der Waals surface area contributed by atoms with Gasteiger partial charge in [0.25, 0.3) is 0 Å². The van der Waals surface area contributed by atoms with Crippen LogP contribution >= 0.6 is 0 Å². The molecular formula is C51H64N2O19S2. The van der Waals surface area contributed by atoms with Crippen molar-refractivity contribution in [3.05, 3.63) is 94.5 Å². The Labute approximate surface area is 428 Å². The molecule has 2 aromatic heterocycles. The van der Waals surface area contributed by atoms with Crippen molar-refractivity contribution in [2.24, 2.45) is 11.8 Å². The van der Waals surface area contributed by atoms with Gasteiger partial charge in [0.2, 0.25) is 20.0 Å². The number of phenolic OH excluding ortho intramolecular Hbond substituents is 1. The Hall–Kier alpha value is -5.73. The van der Waals surface area contributed by atoms with E-state index in [9.17, 15) is 51.6 Å². The summed E-state index contributed by atoms with van der Waals surface area (Å²) < 4.78 is 96.7. The number of aliphatic hydroxyl groups is 3. The lowest BCUT2D eigenvalue weighted by molar-refractivity contribution is -0.152. The molecule has 404 valence electrons. The number of phenols is 1. The Bertz CT molecular complexity index is 3060. The van der Waals surface area contributed by atoms with E-state index in [0.29, 0.717) is 34.1 Å². The third-order valence-electron chi connectivity index (χ3n) is 12.3. The van der Waals surface area contributed by atoms with Crippen LogP contribution in [0.25, 0.3) is 34.1 Å². The fourth-order valence-electron chi connectivity index (χ4n) is 8.09. The fourth-order valence-corrected chi connectivity index (χ4v) is 8.90. The molecular weight excluding hydrogens is 1010 g/mol. The number of ketones is 1. The van der Waals surface area contributed by atoms with E-state index in [-0.39, 0.29) is 66.0 Å². The van der Waals surface area contributed by atoms with E-state index in [0.717, 1.165) is 18.6 Å². The number of esters is 2. The second kappa shape index (κ2) is 23.9. The molecule has 23 heteroatoms. The van der Waals surface area contributed by atoms with Gasteiger partial charge in [0.05, 0.1) is 37.8 Å². The monoisotopic (exact) mass is 1070 g/mol. The Morgan fingerprint density at radius 2 is 1.23 bits per heavy atom. The van der Waals surface area contributed by atoms with Crippen LogP contribution in [0.3, 0.4) is 0 Å². The van der Waals surface area contributed by atoms with Crippen molar-refractivity contribution < 1.29 is 88.9 Å². The molecule has 0 radical (unpaired) electrons. The number of furan rings is 2. The van der Waals surface area contributed by atoms with Crippen molar-refractivity contribution in [3.8, 4) is 11.5 Å². The molecule has 9 atom stereocenters. The Kier molecular flexibility index (Phi) is 18.6. The van der Waals surface area contributed by atoms with Crippen LogP contribution in [0.2, 0.25) is 0 Å². The summed E-state index contributed by atoms with van der Waals surface area (Å²) in [6.45, 7) is 10.2. The molecule has 1 saturated heterocycles. The SMILES string of the molecule is COCOc1cc2oc(CNS(C)(=O)=O)cc2c2c1C(=O)O[C@@H](C)[C@H](C)/C=C\C(O)[C@H]1OC(C)(C)O[C@H]1CC=C2.C[C@@H]1/C=C\C(=O)[C@@H](O)[C@@H](O)C/C=C/c2c(c(O)cc3oc(CNS(C)(=O)=O)cc23)C(=O)O[C@H]1C. The van der Waals surface area contributed by atoms with Crippen molar-refractivity contribution in [2.45, 2.75) is 116 Å². The van der Waals surface area contributed by atoms with Crippen LogP contribution in [0.1, 0.15) is 97.7 Å². The first-order chi connectivity index (χ1) is 34.6. The van der Waals surface area contributed by atoms with Crippen molar-refractivity contribution >= 4 is 71.9 Å². The van der Waals surface area contributed by atoms with E-state index in [1.807, 2.05) is 13.0 Å². The first-order valence-corrected chi connectivity index (χ1v) is 27.4. The Morgan fingerprint density at radius 1 is 0.703 bits per heavy atom. The van der Waals surface area contributed by atoms with Crippen molar-refractivity contribution in [3.63, 3.8) is 0 Å². The summed E-state index contributed by atoms with van der Waals surface area (Å²) in [5.41, 5.74) is 1.29. The molecule has 2 aromatic carbocycles. The van der Waals surface area contributed by atoms with Gasteiger partial charge >= 0.3 is 11.9 Å². The average Bonchev–Trinajstić information content (AvgIpc) is 4.02. The van der Waals surface area contributed by atoms with Crippen LogP contribution in [0.15, 0.2) is 69.6 Å². The number of carbonyl (C=O) groups is 3. The predicted octanol–water partition coefficient (Wildman–Crippen LogP) is 5.13. The van der Waals surface area contributed by atoms with Gasteiger partial charge < -0.3 is 57.7 Å². The number of aromatic hydroxyl groups is 1. The first-order valence-electron chi connectivity index (χ1n) is 23.6. The maximum Gasteiger partial charge on any atom is 0.342 e. The molecule has 0 spiro atoms. The molecule has 5 heterocycles. The number of carbonyl (C=O) groups excluding carboxylic acids is 3. The highest BCUT2D eigenvalue weighted by Crippen LogP contribution is 2.39. The quantitative estimate of drug-likeness (QED) is 0.0719.